The van der Waals surface area contributed by atoms with Gasteiger partial charge in [-0.2, -0.15) is 0 Å². The highest BCUT2D eigenvalue weighted by Crippen LogP contribution is 2.27. The maximum absolute atomic E-state index is 11.0. The predicted molar refractivity (Wildman–Crippen MR) is 67.2 cm³/mol. The Bertz CT molecular complexity index is 395. The minimum atomic E-state index is 0.281. The van der Waals surface area contributed by atoms with Crippen LogP contribution in [0.25, 0.3) is 0 Å². The van der Waals surface area contributed by atoms with Crippen molar-refractivity contribution in [1.82, 2.24) is 0 Å². The summed E-state index contributed by atoms with van der Waals surface area (Å²) in [5, 5.41) is 0. The van der Waals surface area contributed by atoms with Crippen LogP contribution in [0.5, 0.6) is 0 Å². The predicted octanol–water partition coefficient (Wildman–Crippen LogP) is 2.49. The third-order valence-electron chi connectivity index (χ3n) is 2.94. The van der Waals surface area contributed by atoms with Crippen LogP contribution in [0.15, 0.2) is 22.7 Å². The Kier molecular flexibility index (Phi) is 3.61. The zero-order valence-corrected chi connectivity index (χ0v) is 10.7. The van der Waals surface area contributed by atoms with Crippen molar-refractivity contribution >= 4 is 27.9 Å². The molecular weight excluding hydrogens is 270 g/mol. The molecule has 86 valence electrons. The molecule has 0 radical (unpaired) electrons. The second-order valence-corrected chi connectivity index (χ2v) is 4.83. The molecule has 4 heteroatoms. The molecule has 0 spiro atoms. The number of hydrogen-bond donors (Lipinski definition) is 0. The summed E-state index contributed by atoms with van der Waals surface area (Å²) in [6.07, 6.45) is 2.20. The second-order valence-electron chi connectivity index (χ2n) is 3.91. The quantitative estimate of drug-likeness (QED) is 0.799. The van der Waals surface area contributed by atoms with E-state index in [-0.39, 0.29) is 6.10 Å². The fourth-order valence-electron chi connectivity index (χ4n) is 2.05. The third-order valence-corrected chi connectivity index (χ3v) is 3.43. The lowest BCUT2D eigenvalue weighted by atomic mass is 10.2. The van der Waals surface area contributed by atoms with Gasteiger partial charge in [-0.05, 0) is 24.6 Å². The van der Waals surface area contributed by atoms with Crippen LogP contribution in [0.1, 0.15) is 16.8 Å². The molecule has 1 aliphatic heterocycles. The number of carbonyl (C=O) groups is 1. The normalized spacial score (nSPS) is 20.1. The fourth-order valence-corrected chi connectivity index (χ4v) is 2.43. The average molecular weight is 284 g/mol. The molecular formula is C12H14BrNO2. The van der Waals surface area contributed by atoms with Crippen LogP contribution in [-0.4, -0.2) is 32.6 Å². The second kappa shape index (κ2) is 4.97. The molecule has 1 aliphatic rings. The lowest BCUT2D eigenvalue weighted by molar-refractivity contribution is 0.112. The summed E-state index contributed by atoms with van der Waals surface area (Å²) in [4.78, 5) is 13.2. The molecule has 1 fully saturated rings. The Morgan fingerprint density at radius 1 is 1.56 bits per heavy atom. The van der Waals surface area contributed by atoms with Gasteiger partial charge in [-0.3, -0.25) is 4.79 Å². The van der Waals surface area contributed by atoms with Gasteiger partial charge >= 0.3 is 0 Å². The Balaban J connectivity index is 2.24. The van der Waals surface area contributed by atoms with E-state index in [4.69, 9.17) is 4.74 Å². The van der Waals surface area contributed by atoms with Crippen LogP contribution in [0, 0.1) is 0 Å². The van der Waals surface area contributed by atoms with E-state index < -0.39 is 0 Å². The number of benzene rings is 1. The minimum absolute atomic E-state index is 0.281. The zero-order chi connectivity index (χ0) is 11.5. The fraction of sp³-hybridized carbons (Fsp3) is 0.417. The first-order chi connectivity index (χ1) is 7.74. The van der Waals surface area contributed by atoms with Crippen LogP contribution >= 0.6 is 15.9 Å². The first-order valence-corrected chi connectivity index (χ1v) is 6.06. The number of halogens is 1. The van der Waals surface area contributed by atoms with Gasteiger partial charge in [-0.1, -0.05) is 15.9 Å². The number of rotatable bonds is 3. The Morgan fingerprint density at radius 2 is 2.38 bits per heavy atom. The standard InChI is InChI=1S/C12H14BrNO2/c1-16-11-4-5-14(7-11)12-3-2-10(13)6-9(12)8-15/h2-3,6,8,11H,4-5,7H2,1H3. The van der Waals surface area contributed by atoms with E-state index in [0.717, 1.165) is 41.5 Å². The topological polar surface area (TPSA) is 29.5 Å². The maximum Gasteiger partial charge on any atom is 0.152 e. The van der Waals surface area contributed by atoms with E-state index in [1.165, 1.54) is 0 Å². The number of aldehydes is 1. The van der Waals surface area contributed by atoms with Crippen molar-refractivity contribution in [2.75, 3.05) is 25.1 Å². The lowest BCUT2D eigenvalue weighted by Gasteiger charge is -2.20. The monoisotopic (exact) mass is 283 g/mol. The van der Waals surface area contributed by atoms with E-state index in [9.17, 15) is 4.79 Å². The zero-order valence-electron chi connectivity index (χ0n) is 9.15. The highest BCUT2D eigenvalue weighted by molar-refractivity contribution is 9.10. The molecule has 1 heterocycles. The van der Waals surface area contributed by atoms with Crippen LogP contribution in [0.3, 0.4) is 0 Å². The lowest BCUT2D eigenvalue weighted by Crippen LogP contribution is -2.23. The van der Waals surface area contributed by atoms with Gasteiger partial charge in [0.15, 0.2) is 6.29 Å². The van der Waals surface area contributed by atoms with Crippen LogP contribution < -0.4 is 4.90 Å². The molecule has 1 saturated heterocycles. The summed E-state index contributed by atoms with van der Waals surface area (Å²) >= 11 is 3.37. The van der Waals surface area contributed by atoms with Gasteiger partial charge in [0, 0.05) is 35.9 Å². The van der Waals surface area contributed by atoms with Gasteiger partial charge < -0.3 is 9.64 Å². The summed E-state index contributed by atoms with van der Waals surface area (Å²) < 4.78 is 6.25. The summed E-state index contributed by atoms with van der Waals surface area (Å²) in [6.45, 7) is 1.81. The van der Waals surface area contributed by atoms with E-state index in [1.807, 2.05) is 18.2 Å². The SMILES string of the molecule is COC1CCN(c2ccc(Br)cc2C=O)C1. The number of carbonyl (C=O) groups excluding carboxylic acids is 1. The molecule has 0 aliphatic carbocycles. The molecule has 16 heavy (non-hydrogen) atoms. The van der Waals surface area contributed by atoms with Gasteiger partial charge in [0.05, 0.1) is 6.10 Å². The van der Waals surface area contributed by atoms with E-state index >= 15 is 0 Å². The molecule has 1 atom stereocenters. The highest BCUT2D eigenvalue weighted by atomic mass is 79.9. The van der Waals surface area contributed by atoms with Gasteiger partial charge in [0.1, 0.15) is 0 Å². The summed E-state index contributed by atoms with van der Waals surface area (Å²) in [5.41, 5.74) is 1.73. The van der Waals surface area contributed by atoms with Crippen LogP contribution in [0.4, 0.5) is 5.69 Å². The molecule has 0 saturated carbocycles. The van der Waals surface area contributed by atoms with Gasteiger partial charge in [-0.15, -0.1) is 0 Å². The van der Waals surface area contributed by atoms with Gasteiger partial charge in [0.25, 0.3) is 0 Å². The van der Waals surface area contributed by atoms with Crippen LogP contribution in [-0.2, 0) is 4.74 Å². The van der Waals surface area contributed by atoms with Crippen molar-refractivity contribution < 1.29 is 9.53 Å². The average Bonchev–Trinajstić information content (AvgIpc) is 2.77. The van der Waals surface area contributed by atoms with Crippen LogP contribution in [0.2, 0.25) is 0 Å². The highest BCUT2D eigenvalue weighted by Gasteiger charge is 2.23. The molecule has 3 nitrogen and oxygen atoms in total. The number of methoxy groups -OCH3 is 1. The summed E-state index contributed by atoms with van der Waals surface area (Å²) in [5.74, 6) is 0. The molecule has 0 amide bonds. The summed E-state index contributed by atoms with van der Waals surface area (Å²) in [6, 6.07) is 5.79. The molecule has 1 aromatic carbocycles. The Labute approximate surface area is 104 Å². The molecule has 0 bridgehead atoms. The third kappa shape index (κ3) is 2.28. The van der Waals surface area contributed by atoms with E-state index in [2.05, 4.69) is 20.8 Å². The molecule has 1 aromatic rings. The van der Waals surface area contributed by atoms with Crippen molar-refractivity contribution in [3.8, 4) is 0 Å². The van der Waals surface area contributed by atoms with E-state index in [1.54, 1.807) is 7.11 Å². The molecule has 2 rings (SSSR count). The van der Waals surface area contributed by atoms with Crippen molar-refractivity contribution in [2.24, 2.45) is 0 Å². The van der Waals surface area contributed by atoms with Crippen molar-refractivity contribution in [3.63, 3.8) is 0 Å². The summed E-state index contributed by atoms with van der Waals surface area (Å²) in [7, 11) is 1.73. The number of ether oxygens (including phenoxy) is 1. The molecule has 0 N–H and O–H groups in total. The van der Waals surface area contributed by atoms with Crippen molar-refractivity contribution in [3.05, 3.63) is 28.2 Å². The molecule has 0 aromatic heterocycles. The van der Waals surface area contributed by atoms with Crippen molar-refractivity contribution in [1.29, 1.82) is 0 Å². The smallest absolute Gasteiger partial charge is 0.152 e. The van der Waals surface area contributed by atoms with E-state index in [0.29, 0.717) is 0 Å². The van der Waals surface area contributed by atoms with Gasteiger partial charge in [-0.25, -0.2) is 0 Å². The first kappa shape index (κ1) is 11.6. The first-order valence-electron chi connectivity index (χ1n) is 5.27. The van der Waals surface area contributed by atoms with Gasteiger partial charge in [0.2, 0.25) is 0 Å². The minimum Gasteiger partial charge on any atom is -0.380 e. The van der Waals surface area contributed by atoms with Crippen molar-refractivity contribution in [2.45, 2.75) is 12.5 Å². The number of anilines is 1. The Morgan fingerprint density at radius 3 is 3.00 bits per heavy atom. The largest absolute Gasteiger partial charge is 0.380 e. The molecule has 1 unspecified atom stereocenters. The Hall–Kier alpha value is -0.870. The maximum atomic E-state index is 11.0. The number of hydrogen-bond acceptors (Lipinski definition) is 3. The number of nitrogens with zero attached hydrogens (tertiary/aromatic N) is 1.